The Balaban J connectivity index is 1.54. The van der Waals surface area contributed by atoms with Crippen molar-refractivity contribution < 1.29 is 0 Å². The predicted octanol–water partition coefficient (Wildman–Crippen LogP) is 14.0. The molecule has 1 aromatic heterocycles. The maximum absolute atomic E-state index is 5.78. The monoisotopic (exact) mass is 690 g/mol. The molecular weight excluding hydrogens is 653 g/mol. The molecular formula is C52H38N2. The Morgan fingerprint density at radius 3 is 1.89 bits per heavy atom. The summed E-state index contributed by atoms with van der Waals surface area (Å²) in [5.41, 5.74) is 13.0. The molecule has 2 heteroatoms. The van der Waals surface area contributed by atoms with Crippen LogP contribution < -0.4 is 0 Å². The van der Waals surface area contributed by atoms with E-state index in [1.54, 1.807) is 0 Å². The van der Waals surface area contributed by atoms with Crippen LogP contribution in [0.4, 0.5) is 0 Å². The maximum atomic E-state index is 5.78. The van der Waals surface area contributed by atoms with Crippen molar-refractivity contribution in [2.24, 2.45) is 0 Å². The molecule has 256 valence electrons. The van der Waals surface area contributed by atoms with E-state index < -0.39 is 0 Å². The molecule has 9 aromatic rings. The number of imidazole rings is 1. The van der Waals surface area contributed by atoms with Crippen LogP contribution in [0.2, 0.25) is 0 Å². The van der Waals surface area contributed by atoms with Gasteiger partial charge in [0, 0.05) is 22.4 Å². The highest BCUT2D eigenvalue weighted by atomic mass is 15.1. The number of rotatable bonds is 8. The van der Waals surface area contributed by atoms with E-state index in [0.29, 0.717) is 0 Å². The van der Waals surface area contributed by atoms with Gasteiger partial charge in [0.2, 0.25) is 0 Å². The number of aromatic nitrogens is 2. The Labute approximate surface area is 316 Å². The summed E-state index contributed by atoms with van der Waals surface area (Å²) in [6.45, 7) is 6.47. The minimum atomic E-state index is 0.886. The summed E-state index contributed by atoms with van der Waals surface area (Å²) in [7, 11) is 0. The predicted molar refractivity (Wildman–Crippen MR) is 231 cm³/mol. The topological polar surface area (TPSA) is 17.8 Å². The van der Waals surface area contributed by atoms with Crippen molar-refractivity contribution in [3.8, 4) is 39.3 Å². The fourth-order valence-corrected chi connectivity index (χ4v) is 7.94. The smallest absolute Gasteiger partial charge is 0.145 e. The summed E-state index contributed by atoms with van der Waals surface area (Å²) in [5.74, 6) is 0.886. The second-order valence-corrected chi connectivity index (χ2v) is 13.5. The molecule has 0 aliphatic heterocycles. The Bertz CT molecular complexity index is 2880. The summed E-state index contributed by atoms with van der Waals surface area (Å²) >= 11 is 0. The van der Waals surface area contributed by atoms with E-state index >= 15 is 0 Å². The first-order chi connectivity index (χ1) is 26.7. The van der Waals surface area contributed by atoms with Crippen LogP contribution in [0.15, 0.2) is 207 Å². The number of hydrogen-bond donors (Lipinski definition) is 0. The first kappa shape index (κ1) is 32.8. The molecule has 0 fully saturated rings. The van der Waals surface area contributed by atoms with Crippen LogP contribution in [0.25, 0.3) is 83.1 Å². The Kier molecular flexibility index (Phi) is 8.63. The highest BCUT2D eigenvalue weighted by Gasteiger charge is 2.27. The van der Waals surface area contributed by atoms with Gasteiger partial charge in [-0.3, -0.25) is 4.57 Å². The van der Waals surface area contributed by atoms with Crippen molar-refractivity contribution >= 4 is 43.7 Å². The van der Waals surface area contributed by atoms with E-state index in [1.807, 2.05) is 6.08 Å². The van der Waals surface area contributed by atoms with E-state index in [0.717, 1.165) is 72.3 Å². The van der Waals surface area contributed by atoms with Gasteiger partial charge in [0.15, 0.2) is 0 Å². The molecule has 0 radical (unpaired) electrons. The quantitative estimate of drug-likeness (QED) is 0.115. The molecule has 2 nitrogen and oxygen atoms in total. The summed E-state index contributed by atoms with van der Waals surface area (Å²) in [6.07, 6.45) is 6.37. The number of benzene rings is 8. The standard InChI is InChI=1S/C52H38N2/c1-3-20-44(42(4-2)37-22-8-5-9-23-37)49-47-32-19-18-31-46(47)48(45-30-17-16-29-43(45)38-24-10-6-11-25-38)50-51(49)54(41-27-12-7-13-28-41)52(53-50)40-34-33-36-21-14-15-26-39(36)35-40/h3-35H,2H2,1H3/b20-3-,44-42-. The molecule has 0 aliphatic carbocycles. The van der Waals surface area contributed by atoms with Crippen LogP contribution in [-0.4, -0.2) is 9.55 Å². The largest absolute Gasteiger partial charge is 0.292 e. The van der Waals surface area contributed by atoms with E-state index in [9.17, 15) is 0 Å². The third-order valence-electron chi connectivity index (χ3n) is 10.3. The van der Waals surface area contributed by atoms with Crippen molar-refractivity contribution in [2.75, 3.05) is 0 Å². The molecule has 0 saturated carbocycles. The second-order valence-electron chi connectivity index (χ2n) is 13.5. The lowest BCUT2D eigenvalue weighted by atomic mass is 9.85. The van der Waals surface area contributed by atoms with E-state index in [1.165, 1.54) is 21.9 Å². The third-order valence-corrected chi connectivity index (χ3v) is 10.3. The summed E-state index contributed by atoms with van der Waals surface area (Å²) < 4.78 is 2.38. The second kappa shape index (κ2) is 14.2. The number of fused-ring (bicyclic) bond motifs is 3. The number of para-hydroxylation sites is 1. The number of hydrogen-bond acceptors (Lipinski definition) is 1. The molecule has 0 spiro atoms. The number of nitrogens with zero attached hydrogens (tertiary/aromatic N) is 2. The zero-order chi connectivity index (χ0) is 36.4. The lowest BCUT2D eigenvalue weighted by Crippen LogP contribution is -2.02. The highest BCUT2D eigenvalue weighted by molar-refractivity contribution is 6.22. The number of allylic oxidation sites excluding steroid dienone is 5. The van der Waals surface area contributed by atoms with E-state index in [4.69, 9.17) is 4.98 Å². The average molecular weight is 691 g/mol. The third kappa shape index (κ3) is 5.66. The molecule has 8 aromatic carbocycles. The lowest BCUT2D eigenvalue weighted by Gasteiger charge is -2.20. The van der Waals surface area contributed by atoms with Gasteiger partial charge >= 0.3 is 0 Å². The first-order valence-electron chi connectivity index (χ1n) is 18.5. The van der Waals surface area contributed by atoms with Crippen LogP contribution >= 0.6 is 0 Å². The minimum absolute atomic E-state index is 0.886. The highest BCUT2D eigenvalue weighted by Crippen LogP contribution is 2.48. The average Bonchev–Trinajstić information content (AvgIpc) is 3.64. The van der Waals surface area contributed by atoms with E-state index in [-0.39, 0.29) is 0 Å². The fraction of sp³-hybridized carbons (Fsp3) is 0.0192. The van der Waals surface area contributed by atoms with Crippen LogP contribution in [0.5, 0.6) is 0 Å². The van der Waals surface area contributed by atoms with Gasteiger partial charge in [-0.05, 0) is 80.1 Å². The zero-order valence-corrected chi connectivity index (χ0v) is 30.2. The Morgan fingerprint density at radius 2 is 1.17 bits per heavy atom. The van der Waals surface area contributed by atoms with Gasteiger partial charge < -0.3 is 0 Å². The molecule has 0 bridgehead atoms. The van der Waals surface area contributed by atoms with Gasteiger partial charge in [0.05, 0.1) is 11.0 Å². The van der Waals surface area contributed by atoms with Crippen molar-refractivity contribution in [3.63, 3.8) is 0 Å². The Hall–Kier alpha value is -7.03. The van der Waals surface area contributed by atoms with Gasteiger partial charge in [-0.1, -0.05) is 189 Å². The van der Waals surface area contributed by atoms with Gasteiger partial charge in [-0.2, -0.15) is 0 Å². The van der Waals surface area contributed by atoms with Crippen molar-refractivity contribution in [2.45, 2.75) is 6.92 Å². The van der Waals surface area contributed by atoms with Crippen LogP contribution in [-0.2, 0) is 0 Å². The molecule has 0 amide bonds. The Morgan fingerprint density at radius 1 is 0.556 bits per heavy atom. The summed E-state index contributed by atoms with van der Waals surface area (Å²) in [4.78, 5) is 5.78. The van der Waals surface area contributed by atoms with E-state index in [2.05, 4.69) is 212 Å². The SMILES string of the molecule is C=C/C(=C(\C=C/C)c1c2ccccc2c(-c2ccccc2-c2ccccc2)c2nc(-c3ccc4ccccc4c3)n(-c3ccccc3)c12)c1ccccc1. The van der Waals surface area contributed by atoms with Crippen molar-refractivity contribution in [1.82, 2.24) is 9.55 Å². The summed E-state index contributed by atoms with van der Waals surface area (Å²) in [6, 6.07) is 64.7. The fourth-order valence-electron chi connectivity index (χ4n) is 7.94. The molecule has 0 aliphatic rings. The van der Waals surface area contributed by atoms with Crippen molar-refractivity contribution in [1.29, 1.82) is 0 Å². The zero-order valence-electron chi connectivity index (χ0n) is 30.2. The lowest BCUT2D eigenvalue weighted by molar-refractivity contribution is 1.10. The van der Waals surface area contributed by atoms with Crippen LogP contribution in [0, 0.1) is 0 Å². The molecule has 54 heavy (non-hydrogen) atoms. The summed E-state index contributed by atoms with van der Waals surface area (Å²) in [5, 5.41) is 4.66. The van der Waals surface area contributed by atoms with Crippen molar-refractivity contribution in [3.05, 3.63) is 218 Å². The molecule has 0 atom stereocenters. The molecule has 9 rings (SSSR count). The molecule has 0 saturated heterocycles. The van der Waals surface area contributed by atoms with Crippen LogP contribution in [0.3, 0.4) is 0 Å². The molecule has 0 N–H and O–H groups in total. The minimum Gasteiger partial charge on any atom is -0.292 e. The van der Waals surface area contributed by atoms with Gasteiger partial charge in [0.25, 0.3) is 0 Å². The van der Waals surface area contributed by atoms with Crippen LogP contribution in [0.1, 0.15) is 18.1 Å². The molecule has 0 unspecified atom stereocenters. The molecule has 1 heterocycles. The van der Waals surface area contributed by atoms with Gasteiger partial charge in [0.1, 0.15) is 5.82 Å². The van der Waals surface area contributed by atoms with Gasteiger partial charge in [-0.15, -0.1) is 0 Å². The van der Waals surface area contributed by atoms with Gasteiger partial charge in [-0.25, -0.2) is 4.98 Å². The normalized spacial score (nSPS) is 12.1. The first-order valence-corrected chi connectivity index (χ1v) is 18.5. The maximum Gasteiger partial charge on any atom is 0.145 e.